The summed E-state index contributed by atoms with van der Waals surface area (Å²) in [6.45, 7) is 0.990. The van der Waals surface area contributed by atoms with Crippen LogP contribution in [0.1, 0.15) is 31.2 Å². The molecular weight excluding hydrogens is 254 g/mol. The van der Waals surface area contributed by atoms with Crippen molar-refractivity contribution in [3.05, 3.63) is 23.8 Å². The molecule has 1 saturated carbocycles. The minimum Gasteiger partial charge on any atom is -0.398 e. The molecule has 3 nitrogen and oxygen atoms in total. The molecule has 0 aliphatic heterocycles. The number of benzene rings is 1. The third kappa shape index (κ3) is 3.36. The second-order valence-corrected chi connectivity index (χ2v) is 6.47. The van der Waals surface area contributed by atoms with Gasteiger partial charge in [-0.05, 0) is 42.9 Å². The molecule has 0 spiro atoms. The summed E-state index contributed by atoms with van der Waals surface area (Å²) in [5.41, 5.74) is 8.55. The number of nitrogens with two attached hydrogens (primary N) is 1. The molecular formula is C15H21N3S. The molecule has 0 saturated heterocycles. The van der Waals surface area contributed by atoms with Crippen LogP contribution < -0.4 is 11.1 Å². The van der Waals surface area contributed by atoms with Crippen LogP contribution in [0.2, 0.25) is 0 Å². The van der Waals surface area contributed by atoms with Crippen molar-refractivity contribution in [3.8, 4) is 6.07 Å². The predicted molar refractivity (Wildman–Crippen MR) is 83.4 cm³/mol. The normalized spacial score (nSPS) is 17.1. The van der Waals surface area contributed by atoms with Crippen molar-refractivity contribution in [2.75, 3.05) is 23.9 Å². The van der Waals surface area contributed by atoms with Crippen LogP contribution in [0, 0.1) is 11.3 Å². The number of thioether (sulfide) groups is 1. The van der Waals surface area contributed by atoms with Crippen LogP contribution in [0.3, 0.4) is 0 Å². The second-order valence-electron chi connectivity index (χ2n) is 5.20. The summed E-state index contributed by atoms with van der Waals surface area (Å²) in [5.74, 6) is 0. The fourth-order valence-corrected chi connectivity index (χ4v) is 3.60. The van der Waals surface area contributed by atoms with Crippen molar-refractivity contribution in [1.82, 2.24) is 0 Å². The zero-order valence-corrected chi connectivity index (χ0v) is 12.2. The van der Waals surface area contributed by atoms with Gasteiger partial charge in [0.15, 0.2) is 0 Å². The van der Waals surface area contributed by atoms with Gasteiger partial charge in [-0.25, -0.2) is 0 Å². The summed E-state index contributed by atoms with van der Waals surface area (Å²) in [6, 6.07) is 8.04. The quantitative estimate of drug-likeness (QED) is 0.808. The molecule has 0 atom stereocenters. The molecule has 3 N–H and O–H groups in total. The van der Waals surface area contributed by atoms with Gasteiger partial charge in [-0.15, -0.1) is 0 Å². The highest BCUT2D eigenvalue weighted by Crippen LogP contribution is 2.40. The standard InChI is InChI=1S/C15H21N3S/c1-19-15(7-2-3-8-15)11-18-13-4-5-14(17)12(10-13)6-9-16/h4-5,10,18H,2-3,6-8,11,17H2,1H3. The van der Waals surface area contributed by atoms with Gasteiger partial charge in [0.1, 0.15) is 0 Å². The minimum absolute atomic E-state index is 0.370. The first-order valence-corrected chi connectivity index (χ1v) is 7.96. The fourth-order valence-electron chi connectivity index (χ4n) is 2.69. The van der Waals surface area contributed by atoms with E-state index in [0.717, 1.165) is 17.8 Å². The minimum atomic E-state index is 0.370. The average molecular weight is 275 g/mol. The van der Waals surface area contributed by atoms with Gasteiger partial charge in [0.2, 0.25) is 0 Å². The smallest absolute Gasteiger partial charge is 0.0670 e. The molecule has 0 heterocycles. The number of hydrogen-bond donors (Lipinski definition) is 2. The van der Waals surface area contributed by atoms with E-state index in [9.17, 15) is 0 Å². The molecule has 1 fully saturated rings. The number of nitriles is 1. The van der Waals surface area contributed by atoms with Crippen LogP contribution in [0.15, 0.2) is 18.2 Å². The summed E-state index contributed by atoms with van der Waals surface area (Å²) in [5, 5.41) is 12.3. The highest BCUT2D eigenvalue weighted by atomic mass is 32.2. The summed E-state index contributed by atoms with van der Waals surface area (Å²) in [4.78, 5) is 0. The van der Waals surface area contributed by atoms with E-state index >= 15 is 0 Å². The third-order valence-electron chi connectivity index (χ3n) is 3.97. The Morgan fingerprint density at radius 2 is 2.16 bits per heavy atom. The Morgan fingerprint density at radius 3 is 2.79 bits per heavy atom. The van der Waals surface area contributed by atoms with E-state index in [1.54, 1.807) is 0 Å². The van der Waals surface area contributed by atoms with Crippen LogP contribution >= 0.6 is 11.8 Å². The van der Waals surface area contributed by atoms with Gasteiger partial charge in [0, 0.05) is 22.7 Å². The third-order valence-corrected chi connectivity index (χ3v) is 5.39. The molecule has 1 aromatic rings. The van der Waals surface area contributed by atoms with Crippen LogP contribution in [-0.4, -0.2) is 17.5 Å². The molecule has 4 heteroatoms. The predicted octanol–water partition coefficient (Wildman–Crippen LogP) is 3.42. The summed E-state index contributed by atoms with van der Waals surface area (Å²) in [7, 11) is 0. The molecule has 0 unspecified atom stereocenters. The molecule has 1 aliphatic rings. The lowest BCUT2D eigenvalue weighted by Crippen LogP contribution is -2.30. The SMILES string of the molecule is CSC1(CNc2ccc(N)c(CC#N)c2)CCCC1. The van der Waals surface area contributed by atoms with E-state index in [0.29, 0.717) is 16.9 Å². The maximum Gasteiger partial charge on any atom is 0.0670 e. The van der Waals surface area contributed by atoms with E-state index in [1.165, 1.54) is 25.7 Å². The van der Waals surface area contributed by atoms with Gasteiger partial charge in [-0.3, -0.25) is 0 Å². The molecule has 1 aromatic carbocycles. The Morgan fingerprint density at radius 1 is 1.42 bits per heavy atom. The lowest BCUT2D eigenvalue weighted by atomic mass is 10.1. The molecule has 0 amide bonds. The van der Waals surface area contributed by atoms with Crippen LogP contribution in [0.4, 0.5) is 11.4 Å². The molecule has 2 rings (SSSR count). The Labute approximate surface area is 119 Å². The van der Waals surface area contributed by atoms with Gasteiger partial charge >= 0.3 is 0 Å². The van der Waals surface area contributed by atoms with E-state index in [1.807, 2.05) is 30.0 Å². The van der Waals surface area contributed by atoms with Gasteiger partial charge in [0.05, 0.1) is 12.5 Å². The zero-order chi connectivity index (χ0) is 13.7. The van der Waals surface area contributed by atoms with Gasteiger partial charge in [0.25, 0.3) is 0 Å². The van der Waals surface area contributed by atoms with Gasteiger partial charge in [-0.2, -0.15) is 17.0 Å². The van der Waals surface area contributed by atoms with Gasteiger partial charge in [-0.1, -0.05) is 12.8 Å². The Hall–Kier alpha value is -1.34. The van der Waals surface area contributed by atoms with Crippen LogP contribution in [-0.2, 0) is 6.42 Å². The number of nitrogens with one attached hydrogen (secondary N) is 1. The summed E-state index contributed by atoms with van der Waals surface area (Å²) < 4.78 is 0.386. The topological polar surface area (TPSA) is 61.8 Å². The van der Waals surface area contributed by atoms with Gasteiger partial charge < -0.3 is 11.1 Å². The first-order chi connectivity index (χ1) is 9.19. The summed E-state index contributed by atoms with van der Waals surface area (Å²) in [6.07, 6.45) is 7.84. The largest absolute Gasteiger partial charge is 0.398 e. The highest BCUT2D eigenvalue weighted by Gasteiger charge is 2.32. The lowest BCUT2D eigenvalue weighted by Gasteiger charge is -2.27. The molecule has 0 radical (unpaired) electrons. The molecule has 19 heavy (non-hydrogen) atoms. The van der Waals surface area contributed by atoms with Crippen LogP contribution in [0.25, 0.3) is 0 Å². The molecule has 102 valence electrons. The average Bonchev–Trinajstić information content (AvgIpc) is 2.89. The van der Waals surface area contributed by atoms with Crippen molar-refractivity contribution in [3.63, 3.8) is 0 Å². The maximum absolute atomic E-state index is 8.79. The van der Waals surface area contributed by atoms with E-state index in [-0.39, 0.29) is 0 Å². The van der Waals surface area contributed by atoms with Crippen molar-refractivity contribution >= 4 is 23.1 Å². The van der Waals surface area contributed by atoms with Crippen molar-refractivity contribution in [1.29, 1.82) is 5.26 Å². The van der Waals surface area contributed by atoms with E-state index in [2.05, 4.69) is 17.6 Å². The number of nitrogen functional groups attached to an aromatic ring is 1. The van der Waals surface area contributed by atoms with E-state index in [4.69, 9.17) is 11.0 Å². The second kappa shape index (κ2) is 6.21. The number of nitrogens with zero attached hydrogens (tertiary/aromatic N) is 1. The first kappa shape index (κ1) is 14.1. The fraction of sp³-hybridized carbons (Fsp3) is 0.533. The Balaban J connectivity index is 2.03. The maximum atomic E-state index is 8.79. The Kier molecular flexibility index (Phi) is 4.60. The monoisotopic (exact) mass is 275 g/mol. The molecule has 0 bridgehead atoms. The molecule has 1 aliphatic carbocycles. The van der Waals surface area contributed by atoms with Crippen molar-refractivity contribution in [2.45, 2.75) is 36.9 Å². The van der Waals surface area contributed by atoms with Crippen molar-refractivity contribution in [2.24, 2.45) is 0 Å². The van der Waals surface area contributed by atoms with E-state index < -0.39 is 0 Å². The number of hydrogen-bond acceptors (Lipinski definition) is 4. The first-order valence-electron chi connectivity index (χ1n) is 6.73. The van der Waals surface area contributed by atoms with Crippen LogP contribution in [0.5, 0.6) is 0 Å². The Bertz CT molecular complexity index is 473. The summed E-state index contributed by atoms with van der Waals surface area (Å²) >= 11 is 1.98. The molecule has 0 aromatic heterocycles. The highest BCUT2D eigenvalue weighted by molar-refractivity contribution is 8.00. The lowest BCUT2D eigenvalue weighted by molar-refractivity contribution is 0.640. The zero-order valence-electron chi connectivity index (χ0n) is 11.4. The van der Waals surface area contributed by atoms with Crippen molar-refractivity contribution < 1.29 is 0 Å². The number of rotatable bonds is 5. The number of anilines is 2.